The van der Waals surface area contributed by atoms with Crippen molar-refractivity contribution < 1.29 is 0 Å². The average Bonchev–Trinajstić information content (AvgIpc) is 2.73. The quantitative estimate of drug-likeness (QED) is 0.549. The van der Waals surface area contributed by atoms with Gasteiger partial charge in [0.05, 0.1) is 11.4 Å². The normalized spacial score (nSPS) is 22.9. The van der Waals surface area contributed by atoms with Crippen molar-refractivity contribution in [2.24, 2.45) is 0 Å². The van der Waals surface area contributed by atoms with E-state index in [1.807, 2.05) is 0 Å². The van der Waals surface area contributed by atoms with Crippen LogP contribution < -0.4 is 5.32 Å². The maximum Gasteiger partial charge on any atom is 0.0693 e. The van der Waals surface area contributed by atoms with Crippen LogP contribution in [0.25, 0.3) is 0 Å². The standard InChI is InChI=1S/C23H36ClN3/c1-3-19(2)22(21(24)18-26-14-8-5-9-15-26)23(20-10-6-4-7-11-20)27-16-12-25-13-17-27/h4,6-7,10-11,21,23,25H,3,5,8-9,12-18H2,1-2H3/b22-19+. The van der Waals surface area contributed by atoms with Crippen LogP contribution in [0.5, 0.6) is 0 Å². The third-order valence-corrected chi connectivity index (χ3v) is 6.53. The summed E-state index contributed by atoms with van der Waals surface area (Å²) in [6, 6.07) is 11.3. The zero-order valence-corrected chi connectivity index (χ0v) is 17.8. The number of halogens is 1. The molecule has 1 aromatic carbocycles. The van der Waals surface area contributed by atoms with Crippen LogP contribution in [0.3, 0.4) is 0 Å². The predicted octanol–water partition coefficient (Wildman–Crippen LogP) is 4.45. The summed E-state index contributed by atoms with van der Waals surface area (Å²) in [6.45, 7) is 12.2. The van der Waals surface area contributed by atoms with Crippen LogP contribution in [-0.4, -0.2) is 61.0 Å². The molecule has 0 saturated carbocycles. The van der Waals surface area contributed by atoms with E-state index in [1.165, 1.54) is 49.1 Å². The van der Waals surface area contributed by atoms with E-state index in [2.05, 4.69) is 59.3 Å². The number of benzene rings is 1. The molecular formula is C23H36ClN3. The average molecular weight is 390 g/mol. The Labute approximate surface area is 170 Å². The van der Waals surface area contributed by atoms with Gasteiger partial charge in [0.2, 0.25) is 0 Å². The molecule has 1 N–H and O–H groups in total. The van der Waals surface area contributed by atoms with E-state index in [0.717, 1.165) is 39.1 Å². The third-order valence-electron chi connectivity index (χ3n) is 6.15. The summed E-state index contributed by atoms with van der Waals surface area (Å²) < 4.78 is 0. The van der Waals surface area contributed by atoms with E-state index in [9.17, 15) is 0 Å². The highest BCUT2D eigenvalue weighted by Crippen LogP contribution is 2.36. The summed E-state index contributed by atoms with van der Waals surface area (Å²) in [4.78, 5) is 5.20. The number of piperazine rings is 1. The Morgan fingerprint density at radius 2 is 1.70 bits per heavy atom. The molecule has 0 radical (unpaired) electrons. The minimum Gasteiger partial charge on any atom is -0.314 e. The second kappa shape index (κ2) is 10.6. The van der Waals surface area contributed by atoms with Gasteiger partial charge in [-0.3, -0.25) is 4.90 Å². The zero-order valence-electron chi connectivity index (χ0n) is 17.1. The van der Waals surface area contributed by atoms with Gasteiger partial charge in [0.25, 0.3) is 0 Å². The molecule has 0 aromatic heterocycles. The number of nitrogens with zero attached hydrogens (tertiary/aromatic N) is 2. The van der Waals surface area contributed by atoms with E-state index in [4.69, 9.17) is 11.6 Å². The molecule has 4 heteroatoms. The van der Waals surface area contributed by atoms with Crippen molar-refractivity contribution in [2.45, 2.75) is 50.9 Å². The lowest BCUT2D eigenvalue weighted by Crippen LogP contribution is -2.47. The Morgan fingerprint density at radius 1 is 1.04 bits per heavy atom. The van der Waals surface area contributed by atoms with Crippen molar-refractivity contribution in [3.8, 4) is 0 Å². The monoisotopic (exact) mass is 389 g/mol. The van der Waals surface area contributed by atoms with Gasteiger partial charge in [0.1, 0.15) is 0 Å². The molecule has 0 spiro atoms. The fraction of sp³-hybridized carbons (Fsp3) is 0.652. The number of nitrogens with one attached hydrogen (secondary N) is 1. The van der Waals surface area contributed by atoms with E-state index in [1.54, 1.807) is 0 Å². The second-order valence-corrected chi connectivity index (χ2v) is 8.54. The molecule has 2 unspecified atom stereocenters. The Morgan fingerprint density at radius 3 is 2.33 bits per heavy atom. The fourth-order valence-electron chi connectivity index (χ4n) is 4.51. The smallest absolute Gasteiger partial charge is 0.0693 e. The van der Waals surface area contributed by atoms with Crippen LogP contribution in [0.1, 0.15) is 51.1 Å². The van der Waals surface area contributed by atoms with Gasteiger partial charge >= 0.3 is 0 Å². The van der Waals surface area contributed by atoms with Gasteiger partial charge in [0.15, 0.2) is 0 Å². The molecule has 2 aliphatic rings. The lowest BCUT2D eigenvalue weighted by atomic mass is 9.89. The van der Waals surface area contributed by atoms with E-state index < -0.39 is 0 Å². The lowest BCUT2D eigenvalue weighted by molar-refractivity contribution is 0.185. The van der Waals surface area contributed by atoms with Crippen LogP contribution in [0.15, 0.2) is 41.5 Å². The first kappa shape index (κ1) is 20.9. The molecule has 0 amide bonds. The van der Waals surface area contributed by atoms with Crippen molar-refractivity contribution in [3.05, 3.63) is 47.0 Å². The summed E-state index contributed by atoms with van der Waals surface area (Å²) in [5.74, 6) is 0. The predicted molar refractivity (Wildman–Crippen MR) is 117 cm³/mol. The molecule has 0 bridgehead atoms. The van der Waals surface area contributed by atoms with Gasteiger partial charge < -0.3 is 10.2 Å². The molecule has 3 rings (SSSR count). The van der Waals surface area contributed by atoms with Crippen LogP contribution in [0, 0.1) is 0 Å². The molecule has 27 heavy (non-hydrogen) atoms. The highest BCUT2D eigenvalue weighted by Gasteiger charge is 2.31. The lowest BCUT2D eigenvalue weighted by Gasteiger charge is -2.40. The largest absolute Gasteiger partial charge is 0.314 e. The number of alkyl halides is 1. The van der Waals surface area contributed by atoms with E-state index in [-0.39, 0.29) is 5.38 Å². The van der Waals surface area contributed by atoms with Gasteiger partial charge in [-0.2, -0.15) is 0 Å². The van der Waals surface area contributed by atoms with E-state index in [0.29, 0.717) is 6.04 Å². The van der Waals surface area contributed by atoms with Crippen molar-refractivity contribution in [2.75, 3.05) is 45.8 Å². The minimum absolute atomic E-state index is 0.0724. The molecule has 2 heterocycles. The van der Waals surface area contributed by atoms with Crippen LogP contribution in [0.2, 0.25) is 0 Å². The van der Waals surface area contributed by atoms with Crippen molar-refractivity contribution >= 4 is 11.6 Å². The molecule has 2 saturated heterocycles. The van der Waals surface area contributed by atoms with E-state index >= 15 is 0 Å². The Kier molecular flexibility index (Phi) is 8.20. The molecule has 1 aromatic rings. The molecule has 2 atom stereocenters. The molecule has 2 fully saturated rings. The zero-order chi connectivity index (χ0) is 19.1. The van der Waals surface area contributed by atoms with Crippen molar-refractivity contribution in [1.29, 1.82) is 0 Å². The second-order valence-electron chi connectivity index (χ2n) is 8.02. The van der Waals surface area contributed by atoms with Gasteiger partial charge in [0, 0.05) is 32.7 Å². The van der Waals surface area contributed by atoms with Crippen molar-refractivity contribution in [1.82, 2.24) is 15.1 Å². The Hall–Kier alpha value is -0.870. The first-order chi connectivity index (χ1) is 13.2. The fourth-order valence-corrected chi connectivity index (χ4v) is 5.01. The summed E-state index contributed by atoms with van der Waals surface area (Å²) >= 11 is 7.18. The Bertz CT molecular complexity index is 589. The number of allylic oxidation sites excluding steroid dienone is 1. The van der Waals surface area contributed by atoms with Crippen LogP contribution in [-0.2, 0) is 0 Å². The van der Waals surface area contributed by atoms with Crippen LogP contribution in [0.4, 0.5) is 0 Å². The summed E-state index contributed by atoms with van der Waals surface area (Å²) in [6.07, 6.45) is 5.06. The molecule has 2 aliphatic heterocycles. The molecule has 150 valence electrons. The SMILES string of the molecule is CC/C(C)=C(\C(Cl)CN1CCCCC1)C(c1ccccc1)N1CCNCC1. The van der Waals surface area contributed by atoms with Gasteiger partial charge in [-0.05, 0) is 50.4 Å². The summed E-state index contributed by atoms with van der Waals surface area (Å²) in [7, 11) is 0. The number of likely N-dealkylation sites (tertiary alicyclic amines) is 1. The topological polar surface area (TPSA) is 18.5 Å². The highest BCUT2D eigenvalue weighted by molar-refractivity contribution is 6.22. The maximum atomic E-state index is 7.18. The number of hydrogen-bond donors (Lipinski definition) is 1. The summed E-state index contributed by atoms with van der Waals surface area (Å²) in [5.41, 5.74) is 4.28. The first-order valence-corrected chi connectivity index (χ1v) is 11.2. The van der Waals surface area contributed by atoms with Crippen molar-refractivity contribution in [3.63, 3.8) is 0 Å². The highest BCUT2D eigenvalue weighted by atomic mass is 35.5. The van der Waals surface area contributed by atoms with Gasteiger partial charge in [-0.15, -0.1) is 11.6 Å². The molecule has 3 nitrogen and oxygen atoms in total. The van der Waals surface area contributed by atoms with Gasteiger partial charge in [-0.25, -0.2) is 0 Å². The minimum atomic E-state index is 0.0724. The summed E-state index contributed by atoms with van der Waals surface area (Å²) in [5, 5.41) is 3.57. The third kappa shape index (κ3) is 5.57. The number of hydrogen-bond acceptors (Lipinski definition) is 3. The first-order valence-electron chi connectivity index (χ1n) is 10.8. The Balaban J connectivity index is 1.90. The van der Waals surface area contributed by atoms with Crippen LogP contribution >= 0.6 is 11.6 Å². The molecule has 0 aliphatic carbocycles. The maximum absolute atomic E-state index is 7.18. The van der Waals surface area contributed by atoms with Gasteiger partial charge in [-0.1, -0.05) is 49.2 Å². The number of rotatable bonds is 7. The molecular weight excluding hydrogens is 354 g/mol. The number of piperidine rings is 1.